The second-order valence-electron chi connectivity index (χ2n) is 8.70. The number of hydrogen-bond donors (Lipinski definition) is 1. The average molecular weight is 484 g/mol. The van der Waals surface area contributed by atoms with Crippen LogP contribution in [0.5, 0.6) is 0 Å². The molecule has 2 saturated heterocycles. The molecule has 9 heteroatoms. The number of pyridine rings is 1. The Morgan fingerprint density at radius 1 is 1.12 bits per heavy atom. The highest BCUT2D eigenvalue weighted by molar-refractivity contribution is 7.13. The van der Waals surface area contributed by atoms with E-state index in [1.165, 1.54) is 11.5 Å². The Kier molecular flexibility index (Phi) is 6.21. The zero-order chi connectivity index (χ0) is 22.9. The van der Waals surface area contributed by atoms with Crippen molar-refractivity contribution in [2.75, 3.05) is 36.4 Å². The number of halogens is 1. The van der Waals surface area contributed by atoms with E-state index in [-0.39, 0.29) is 17.7 Å². The third kappa shape index (κ3) is 4.29. The minimum absolute atomic E-state index is 0.00984. The molecule has 0 bridgehead atoms. The SMILES string of the molecule is Cc1nsc2ncc(C(=O)N3CCCC3)c(N3CCC(C(=O)Nc4ccccc4Cl)CC3)c12. The average Bonchev–Trinajstić information content (AvgIpc) is 3.50. The quantitative estimate of drug-likeness (QED) is 0.579. The van der Waals surface area contributed by atoms with Gasteiger partial charge >= 0.3 is 0 Å². The highest BCUT2D eigenvalue weighted by Gasteiger charge is 2.31. The Hall–Kier alpha value is -2.71. The van der Waals surface area contributed by atoms with Crippen molar-refractivity contribution < 1.29 is 9.59 Å². The van der Waals surface area contributed by atoms with Crippen molar-refractivity contribution in [1.29, 1.82) is 0 Å². The first kappa shape index (κ1) is 22.1. The predicted molar refractivity (Wildman–Crippen MR) is 132 cm³/mol. The number of carbonyl (C=O) groups excluding carboxylic acids is 2. The van der Waals surface area contributed by atoms with E-state index in [1.807, 2.05) is 30.0 Å². The zero-order valence-electron chi connectivity index (χ0n) is 18.5. The molecule has 1 aromatic carbocycles. The number of nitrogens with one attached hydrogen (secondary N) is 1. The van der Waals surface area contributed by atoms with Gasteiger partial charge in [-0.25, -0.2) is 4.98 Å². The van der Waals surface area contributed by atoms with Crippen LogP contribution in [-0.4, -0.2) is 52.3 Å². The molecule has 0 aliphatic carbocycles. The van der Waals surface area contributed by atoms with Crippen LogP contribution in [0.4, 0.5) is 11.4 Å². The van der Waals surface area contributed by atoms with Gasteiger partial charge in [0.15, 0.2) is 0 Å². The molecule has 7 nitrogen and oxygen atoms in total. The maximum atomic E-state index is 13.4. The smallest absolute Gasteiger partial charge is 0.257 e. The lowest BCUT2D eigenvalue weighted by Crippen LogP contribution is -2.39. The molecule has 0 unspecified atom stereocenters. The molecule has 3 aromatic rings. The van der Waals surface area contributed by atoms with Crippen LogP contribution in [0.3, 0.4) is 0 Å². The van der Waals surface area contributed by atoms with Gasteiger partial charge in [0.25, 0.3) is 5.91 Å². The Balaban J connectivity index is 1.38. The maximum Gasteiger partial charge on any atom is 0.257 e. The highest BCUT2D eigenvalue weighted by atomic mass is 35.5. The summed E-state index contributed by atoms with van der Waals surface area (Å²) < 4.78 is 4.50. The van der Waals surface area contributed by atoms with Gasteiger partial charge in [0.1, 0.15) is 4.83 Å². The number of carbonyl (C=O) groups is 2. The molecule has 2 fully saturated rings. The molecule has 5 rings (SSSR count). The molecule has 2 amide bonds. The molecule has 0 spiro atoms. The molecule has 2 aliphatic rings. The number of aromatic nitrogens is 2. The van der Waals surface area contributed by atoms with Crippen LogP contribution in [0.15, 0.2) is 30.5 Å². The fourth-order valence-electron chi connectivity index (χ4n) is 4.78. The lowest BCUT2D eigenvalue weighted by molar-refractivity contribution is -0.120. The van der Waals surface area contributed by atoms with Crippen molar-refractivity contribution in [3.63, 3.8) is 0 Å². The topological polar surface area (TPSA) is 78.4 Å². The summed E-state index contributed by atoms with van der Waals surface area (Å²) >= 11 is 7.56. The predicted octanol–water partition coefficient (Wildman–Crippen LogP) is 4.74. The number of rotatable bonds is 4. The van der Waals surface area contributed by atoms with Gasteiger partial charge < -0.3 is 15.1 Å². The zero-order valence-corrected chi connectivity index (χ0v) is 20.1. The minimum atomic E-state index is -0.103. The van der Waals surface area contributed by atoms with E-state index in [1.54, 1.807) is 12.3 Å². The normalized spacial score (nSPS) is 17.0. The summed E-state index contributed by atoms with van der Waals surface area (Å²) in [6.45, 7) is 4.94. The molecule has 2 aromatic heterocycles. The largest absolute Gasteiger partial charge is 0.370 e. The molecule has 0 atom stereocenters. The molecular formula is C24H26ClN5O2S. The van der Waals surface area contributed by atoms with E-state index in [9.17, 15) is 9.59 Å². The van der Waals surface area contributed by atoms with Gasteiger partial charge in [0, 0.05) is 38.3 Å². The Bertz CT molecular complexity index is 1200. The summed E-state index contributed by atoms with van der Waals surface area (Å²) in [5.74, 6) is -0.0697. The van der Waals surface area contributed by atoms with Crippen molar-refractivity contribution in [2.45, 2.75) is 32.6 Å². The first-order valence-corrected chi connectivity index (χ1v) is 12.5. The lowest BCUT2D eigenvalue weighted by Gasteiger charge is -2.35. The summed E-state index contributed by atoms with van der Waals surface area (Å²) in [4.78, 5) is 35.8. The monoisotopic (exact) mass is 483 g/mol. The number of nitrogens with zero attached hydrogens (tertiary/aromatic N) is 4. The fraction of sp³-hybridized carbons (Fsp3) is 0.417. The fourth-order valence-corrected chi connectivity index (χ4v) is 5.71. The first-order chi connectivity index (χ1) is 16.0. The third-order valence-electron chi connectivity index (χ3n) is 6.58. The van der Waals surface area contributed by atoms with Gasteiger partial charge in [-0.2, -0.15) is 4.37 Å². The van der Waals surface area contributed by atoms with E-state index in [0.29, 0.717) is 42.2 Å². The summed E-state index contributed by atoms with van der Waals surface area (Å²) in [6.07, 6.45) is 5.21. The lowest BCUT2D eigenvalue weighted by atomic mass is 9.94. The van der Waals surface area contributed by atoms with Crippen molar-refractivity contribution in [3.05, 3.63) is 46.7 Å². The number of benzene rings is 1. The van der Waals surface area contributed by atoms with Crippen LogP contribution >= 0.6 is 23.1 Å². The summed E-state index contributed by atoms with van der Waals surface area (Å²) in [5, 5.41) is 4.46. The molecular weight excluding hydrogens is 458 g/mol. The minimum Gasteiger partial charge on any atom is -0.370 e. The molecule has 1 N–H and O–H groups in total. The number of para-hydroxylation sites is 1. The van der Waals surface area contributed by atoms with Gasteiger partial charge in [0.05, 0.1) is 33.0 Å². The van der Waals surface area contributed by atoms with E-state index in [0.717, 1.165) is 47.5 Å². The van der Waals surface area contributed by atoms with Crippen LogP contribution in [0.1, 0.15) is 41.7 Å². The van der Waals surface area contributed by atoms with E-state index < -0.39 is 0 Å². The van der Waals surface area contributed by atoms with Gasteiger partial charge in [-0.3, -0.25) is 9.59 Å². The summed E-state index contributed by atoms with van der Waals surface area (Å²) in [6, 6.07) is 7.28. The number of hydrogen-bond acceptors (Lipinski definition) is 6. The first-order valence-electron chi connectivity index (χ1n) is 11.4. The Labute approximate surface area is 201 Å². The highest BCUT2D eigenvalue weighted by Crippen LogP contribution is 2.37. The van der Waals surface area contributed by atoms with E-state index in [4.69, 9.17) is 11.6 Å². The number of fused-ring (bicyclic) bond motifs is 1. The number of aryl methyl sites for hydroxylation is 1. The van der Waals surface area contributed by atoms with Crippen molar-refractivity contribution in [2.24, 2.45) is 5.92 Å². The number of anilines is 2. The number of amides is 2. The molecule has 172 valence electrons. The summed E-state index contributed by atoms with van der Waals surface area (Å²) in [7, 11) is 0. The Morgan fingerprint density at radius 3 is 2.58 bits per heavy atom. The van der Waals surface area contributed by atoms with Crippen LogP contribution in [-0.2, 0) is 4.79 Å². The van der Waals surface area contributed by atoms with Crippen molar-refractivity contribution in [3.8, 4) is 0 Å². The van der Waals surface area contributed by atoms with Crippen molar-refractivity contribution >= 4 is 56.5 Å². The second-order valence-corrected chi connectivity index (χ2v) is 9.86. The molecule has 0 saturated carbocycles. The van der Waals surface area contributed by atoms with Gasteiger partial charge in [-0.1, -0.05) is 23.7 Å². The van der Waals surface area contributed by atoms with Crippen LogP contribution in [0.2, 0.25) is 5.02 Å². The Morgan fingerprint density at radius 2 is 1.85 bits per heavy atom. The van der Waals surface area contributed by atoms with E-state index >= 15 is 0 Å². The van der Waals surface area contributed by atoms with Gasteiger partial charge in [-0.05, 0) is 56.3 Å². The summed E-state index contributed by atoms with van der Waals surface area (Å²) in [5.41, 5.74) is 3.10. The number of piperidine rings is 1. The second kappa shape index (κ2) is 9.27. The van der Waals surface area contributed by atoms with Gasteiger partial charge in [-0.15, -0.1) is 0 Å². The van der Waals surface area contributed by atoms with Crippen molar-refractivity contribution in [1.82, 2.24) is 14.3 Å². The van der Waals surface area contributed by atoms with Crippen LogP contribution < -0.4 is 10.2 Å². The van der Waals surface area contributed by atoms with Gasteiger partial charge in [0.2, 0.25) is 5.91 Å². The molecule has 33 heavy (non-hydrogen) atoms. The third-order valence-corrected chi connectivity index (χ3v) is 7.76. The number of likely N-dealkylation sites (tertiary alicyclic amines) is 1. The standard InChI is InChI=1S/C24H26ClN5O2S/c1-15-20-21(17(14-26-23(20)33-28-15)24(32)30-10-4-5-11-30)29-12-8-16(9-13-29)22(31)27-19-7-3-2-6-18(19)25/h2-3,6-7,14,16H,4-5,8-13H2,1H3,(H,27,31). The molecule has 2 aliphatic heterocycles. The van der Waals surface area contributed by atoms with E-state index in [2.05, 4.69) is 19.6 Å². The molecule has 0 radical (unpaired) electrons. The molecule has 4 heterocycles. The van der Waals surface area contributed by atoms with Crippen LogP contribution in [0.25, 0.3) is 10.2 Å². The maximum absolute atomic E-state index is 13.4. The van der Waals surface area contributed by atoms with Crippen LogP contribution in [0, 0.1) is 12.8 Å².